The number of amides is 4. The lowest BCUT2D eigenvalue weighted by Gasteiger charge is -2.34. The number of rotatable bonds is 11. The van der Waals surface area contributed by atoms with Crippen molar-refractivity contribution in [3.63, 3.8) is 0 Å². The quantitative estimate of drug-likeness (QED) is 0.361. The van der Waals surface area contributed by atoms with Gasteiger partial charge in [0.2, 0.25) is 11.8 Å². The Labute approximate surface area is 235 Å². The summed E-state index contributed by atoms with van der Waals surface area (Å²) in [5.41, 5.74) is 7.39. The van der Waals surface area contributed by atoms with Crippen LogP contribution in [0.3, 0.4) is 0 Å². The molecule has 39 heavy (non-hydrogen) atoms. The third kappa shape index (κ3) is 9.28. The first-order valence-corrected chi connectivity index (χ1v) is 13.4. The normalized spacial score (nSPS) is 12.7. The molecule has 0 aliphatic heterocycles. The monoisotopic (exact) mass is 558 g/mol. The van der Waals surface area contributed by atoms with E-state index in [4.69, 9.17) is 22.1 Å². The third-order valence-electron chi connectivity index (χ3n) is 6.03. The zero-order valence-electron chi connectivity index (χ0n) is 23.5. The summed E-state index contributed by atoms with van der Waals surface area (Å²) in [5, 5.41) is 5.81. The number of hydrogen-bond donors (Lipinski definition) is 3. The molecule has 2 unspecified atom stereocenters. The summed E-state index contributed by atoms with van der Waals surface area (Å²) in [5.74, 6) is -1.66. The fourth-order valence-corrected chi connectivity index (χ4v) is 4.32. The Morgan fingerprint density at radius 3 is 2.21 bits per heavy atom. The van der Waals surface area contributed by atoms with Gasteiger partial charge in [0.1, 0.15) is 17.7 Å². The molecule has 4 N–H and O–H groups in total. The highest BCUT2D eigenvalue weighted by Crippen LogP contribution is 2.29. The van der Waals surface area contributed by atoms with Crippen LogP contribution in [0.1, 0.15) is 70.2 Å². The second-order valence-electron chi connectivity index (χ2n) is 10.2. The molecule has 0 saturated carbocycles. The van der Waals surface area contributed by atoms with Gasteiger partial charge in [-0.25, -0.2) is 4.79 Å². The molecule has 0 heterocycles. The molecule has 0 aliphatic rings. The summed E-state index contributed by atoms with van der Waals surface area (Å²) in [6.45, 7) is 10.8. The number of aryl methyl sites for hydroxylation is 2. The predicted molar refractivity (Wildman–Crippen MR) is 152 cm³/mol. The van der Waals surface area contributed by atoms with E-state index in [1.807, 2.05) is 32.0 Å². The van der Waals surface area contributed by atoms with Gasteiger partial charge in [0.05, 0.1) is 10.7 Å². The zero-order valence-corrected chi connectivity index (χ0v) is 24.2. The van der Waals surface area contributed by atoms with Crippen molar-refractivity contribution in [1.82, 2.24) is 10.2 Å². The summed E-state index contributed by atoms with van der Waals surface area (Å²) < 4.78 is 5.33. The van der Waals surface area contributed by atoms with E-state index in [9.17, 15) is 19.2 Å². The Bertz CT molecular complexity index is 1160. The molecule has 0 fully saturated rings. The van der Waals surface area contributed by atoms with Crippen LogP contribution in [0.4, 0.5) is 10.5 Å². The van der Waals surface area contributed by atoms with Crippen LogP contribution < -0.4 is 16.4 Å². The second-order valence-corrected chi connectivity index (χ2v) is 10.7. The van der Waals surface area contributed by atoms with Gasteiger partial charge >= 0.3 is 6.09 Å². The Morgan fingerprint density at radius 2 is 1.69 bits per heavy atom. The van der Waals surface area contributed by atoms with Gasteiger partial charge in [-0.1, -0.05) is 54.9 Å². The number of para-hydroxylation sites is 1. The molecule has 212 valence electrons. The van der Waals surface area contributed by atoms with E-state index in [2.05, 4.69) is 10.6 Å². The highest BCUT2D eigenvalue weighted by molar-refractivity contribution is 6.34. The number of nitrogens with one attached hydrogen (secondary N) is 2. The van der Waals surface area contributed by atoms with E-state index in [0.29, 0.717) is 16.3 Å². The molecule has 0 saturated heterocycles. The van der Waals surface area contributed by atoms with Gasteiger partial charge in [0, 0.05) is 13.0 Å². The lowest BCUT2D eigenvalue weighted by Crippen LogP contribution is -2.52. The van der Waals surface area contributed by atoms with Crippen molar-refractivity contribution in [3.8, 4) is 0 Å². The van der Waals surface area contributed by atoms with Crippen LogP contribution in [-0.2, 0) is 25.5 Å². The summed E-state index contributed by atoms with van der Waals surface area (Å²) >= 11 is 6.37. The fourth-order valence-electron chi connectivity index (χ4n) is 4.05. The number of nitrogens with zero attached hydrogens (tertiary/aromatic N) is 1. The third-order valence-corrected chi connectivity index (χ3v) is 6.34. The number of ether oxygens (including phenoxy) is 1. The molecule has 2 aromatic carbocycles. The maximum Gasteiger partial charge on any atom is 0.408 e. The smallest absolute Gasteiger partial charge is 0.408 e. The first-order chi connectivity index (χ1) is 18.3. The number of alkyl carbamates (subject to hydrolysis) is 1. The number of benzene rings is 2. The minimum absolute atomic E-state index is 0.0589. The number of likely N-dealkylation sites (N-methyl/N-ethyl adjacent to an activating group) is 1. The average Bonchev–Trinajstić information content (AvgIpc) is 2.85. The van der Waals surface area contributed by atoms with E-state index >= 15 is 0 Å². The van der Waals surface area contributed by atoms with E-state index in [1.54, 1.807) is 52.0 Å². The summed E-state index contributed by atoms with van der Waals surface area (Å²) in [4.78, 5) is 53.2. The lowest BCUT2D eigenvalue weighted by molar-refractivity contribution is -0.140. The molecule has 4 amide bonds. The Hall–Kier alpha value is -3.59. The topological polar surface area (TPSA) is 131 Å². The van der Waals surface area contributed by atoms with Crippen LogP contribution in [0.5, 0.6) is 0 Å². The molecule has 0 aromatic heterocycles. The first-order valence-electron chi connectivity index (χ1n) is 13.0. The Morgan fingerprint density at radius 1 is 1.05 bits per heavy atom. The Balaban J connectivity index is 2.51. The number of primary amides is 1. The molecule has 0 aliphatic carbocycles. The standard InChI is InChI=1S/C29H39ClN4O5/c1-7-19-12-14-20(15-13-19)25(26(36)33-24-18(3)10-9-11-21(24)30)34(8-2)27(37)22(16-17-23(31)35)32-28(38)39-29(4,5)6/h9-15,22,25H,7-8,16-17H2,1-6H3,(H2,31,35)(H,32,38)(H,33,36). The number of halogens is 1. The van der Waals surface area contributed by atoms with Crippen molar-refractivity contribution in [3.05, 3.63) is 64.2 Å². The maximum absolute atomic E-state index is 13.9. The average molecular weight is 559 g/mol. The van der Waals surface area contributed by atoms with Gasteiger partial charge in [0.25, 0.3) is 5.91 Å². The number of carbonyl (C=O) groups excluding carboxylic acids is 4. The van der Waals surface area contributed by atoms with Crippen LogP contribution in [0.2, 0.25) is 5.02 Å². The SMILES string of the molecule is CCc1ccc(C(C(=O)Nc2c(C)cccc2Cl)N(CC)C(=O)C(CCC(N)=O)NC(=O)OC(C)(C)C)cc1. The molecular weight excluding hydrogens is 520 g/mol. The summed E-state index contributed by atoms with van der Waals surface area (Å²) in [7, 11) is 0. The van der Waals surface area contributed by atoms with Crippen molar-refractivity contribution < 1.29 is 23.9 Å². The molecule has 2 rings (SSSR count). The number of nitrogens with two attached hydrogens (primary N) is 1. The number of hydrogen-bond acceptors (Lipinski definition) is 5. The highest BCUT2D eigenvalue weighted by atomic mass is 35.5. The summed E-state index contributed by atoms with van der Waals surface area (Å²) in [6, 6.07) is 10.5. The van der Waals surface area contributed by atoms with E-state index in [1.165, 1.54) is 4.90 Å². The molecule has 0 radical (unpaired) electrons. The molecule has 0 bridgehead atoms. The van der Waals surface area contributed by atoms with Gasteiger partial charge in [-0.15, -0.1) is 0 Å². The van der Waals surface area contributed by atoms with Crippen LogP contribution in [-0.4, -0.2) is 46.9 Å². The van der Waals surface area contributed by atoms with Crippen LogP contribution in [0.25, 0.3) is 0 Å². The molecule has 2 aromatic rings. The van der Waals surface area contributed by atoms with Crippen LogP contribution in [0.15, 0.2) is 42.5 Å². The maximum atomic E-state index is 13.9. The van der Waals surface area contributed by atoms with Gasteiger partial charge in [-0.05, 0) is 70.2 Å². The number of carbonyl (C=O) groups is 4. The van der Waals surface area contributed by atoms with E-state index in [-0.39, 0.29) is 19.4 Å². The Kier molecular flexibility index (Phi) is 11.3. The largest absolute Gasteiger partial charge is 0.444 e. The second kappa shape index (κ2) is 14.0. The predicted octanol–water partition coefficient (Wildman–Crippen LogP) is 4.90. The van der Waals surface area contributed by atoms with E-state index in [0.717, 1.165) is 17.5 Å². The van der Waals surface area contributed by atoms with Gasteiger partial charge < -0.3 is 26.0 Å². The van der Waals surface area contributed by atoms with E-state index < -0.39 is 41.5 Å². The molecular formula is C29H39ClN4O5. The van der Waals surface area contributed by atoms with Crippen LogP contribution >= 0.6 is 11.6 Å². The van der Waals surface area contributed by atoms with Gasteiger partial charge in [0.15, 0.2) is 0 Å². The van der Waals surface area contributed by atoms with Crippen molar-refractivity contribution in [1.29, 1.82) is 0 Å². The molecule has 9 nitrogen and oxygen atoms in total. The van der Waals surface area contributed by atoms with Crippen molar-refractivity contribution in [2.75, 3.05) is 11.9 Å². The zero-order chi connectivity index (χ0) is 29.3. The van der Waals surface area contributed by atoms with Crippen molar-refractivity contribution in [2.45, 2.75) is 78.5 Å². The lowest BCUT2D eigenvalue weighted by atomic mass is 9.99. The minimum atomic E-state index is -1.15. The number of anilines is 1. The van der Waals surface area contributed by atoms with Crippen molar-refractivity contribution >= 4 is 41.1 Å². The highest BCUT2D eigenvalue weighted by Gasteiger charge is 2.36. The minimum Gasteiger partial charge on any atom is -0.444 e. The van der Waals surface area contributed by atoms with Gasteiger partial charge in [-0.3, -0.25) is 14.4 Å². The van der Waals surface area contributed by atoms with Crippen molar-refractivity contribution in [2.24, 2.45) is 5.73 Å². The van der Waals surface area contributed by atoms with Gasteiger partial charge in [-0.2, -0.15) is 0 Å². The first kappa shape index (κ1) is 31.6. The molecule has 10 heteroatoms. The molecule has 0 spiro atoms. The summed E-state index contributed by atoms with van der Waals surface area (Å²) in [6.07, 6.45) is -0.218. The van der Waals surface area contributed by atoms with Crippen LogP contribution in [0, 0.1) is 6.92 Å². The molecule has 2 atom stereocenters. The fraction of sp³-hybridized carbons (Fsp3) is 0.448.